The van der Waals surface area contributed by atoms with E-state index < -0.39 is 0 Å². The lowest BCUT2D eigenvalue weighted by Crippen LogP contribution is -2.24. The molecule has 0 bridgehead atoms. The molecule has 0 saturated heterocycles. The third-order valence-electron chi connectivity index (χ3n) is 4.25. The number of hydrogen-bond donors (Lipinski definition) is 2. The maximum Gasteiger partial charge on any atom is 0.274 e. The van der Waals surface area contributed by atoms with Crippen LogP contribution in [-0.2, 0) is 11.3 Å². The van der Waals surface area contributed by atoms with Crippen molar-refractivity contribution in [1.29, 1.82) is 0 Å². The highest BCUT2D eigenvalue weighted by Crippen LogP contribution is 2.18. The zero-order valence-corrected chi connectivity index (χ0v) is 16.4. The predicted molar refractivity (Wildman–Crippen MR) is 114 cm³/mol. The van der Waals surface area contributed by atoms with Crippen LogP contribution in [0.5, 0.6) is 0 Å². The molecule has 7 heteroatoms. The minimum Gasteiger partial charge on any atom is -0.352 e. The van der Waals surface area contributed by atoms with Gasteiger partial charge in [0.1, 0.15) is 17.8 Å². The molecule has 2 aromatic carbocycles. The first-order valence-electron chi connectivity index (χ1n) is 9.35. The molecule has 1 aromatic heterocycles. The molecular formula is C22H23N5O2. The number of benzene rings is 2. The number of rotatable bonds is 7. The van der Waals surface area contributed by atoms with Crippen LogP contribution in [0, 0.1) is 0 Å². The molecule has 7 nitrogen and oxygen atoms in total. The van der Waals surface area contributed by atoms with Crippen LogP contribution >= 0.6 is 0 Å². The van der Waals surface area contributed by atoms with Crippen molar-refractivity contribution < 1.29 is 9.59 Å². The number of nitrogens with one attached hydrogen (secondary N) is 2. The summed E-state index contributed by atoms with van der Waals surface area (Å²) in [5.41, 5.74) is 2.61. The van der Waals surface area contributed by atoms with Crippen LogP contribution < -0.4 is 15.5 Å². The Balaban J connectivity index is 1.74. The third-order valence-corrected chi connectivity index (χ3v) is 4.25. The van der Waals surface area contributed by atoms with Gasteiger partial charge in [0.25, 0.3) is 5.91 Å². The van der Waals surface area contributed by atoms with Crippen LogP contribution in [0.4, 0.5) is 17.2 Å². The lowest BCUT2D eigenvalue weighted by Gasteiger charge is -2.22. The predicted octanol–water partition coefficient (Wildman–Crippen LogP) is 3.71. The quantitative estimate of drug-likeness (QED) is 0.643. The fourth-order valence-corrected chi connectivity index (χ4v) is 2.88. The number of hydrogen-bond acceptors (Lipinski definition) is 5. The molecule has 0 unspecified atom stereocenters. The van der Waals surface area contributed by atoms with Gasteiger partial charge in [-0.2, -0.15) is 0 Å². The van der Waals surface area contributed by atoms with Gasteiger partial charge in [-0.15, -0.1) is 0 Å². The topological polar surface area (TPSA) is 87.2 Å². The Kier molecular flexibility index (Phi) is 6.52. The first-order chi connectivity index (χ1) is 14.0. The van der Waals surface area contributed by atoms with Crippen molar-refractivity contribution in [2.75, 3.05) is 22.1 Å². The average Bonchev–Trinajstić information content (AvgIpc) is 2.72. The lowest BCUT2D eigenvalue weighted by molar-refractivity contribution is -0.114. The molecule has 2 N–H and O–H groups in total. The highest BCUT2D eigenvalue weighted by Gasteiger charge is 2.13. The SMILES string of the molecule is CCN(Cc1ccccc1)c1cc(C(=O)Nc2cccc(NC(C)=O)c2)ncn1. The summed E-state index contributed by atoms with van der Waals surface area (Å²) in [5.74, 6) is 0.167. The van der Waals surface area contributed by atoms with Crippen molar-refractivity contribution >= 4 is 29.0 Å². The van der Waals surface area contributed by atoms with Crippen LogP contribution in [-0.4, -0.2) is 28.3 Å². The van der Waals surface area contributed by atoms with Crippen molar-refractivity contribution in [3.8, 4) is 0 Å². The van der Waals surface area contributed by atoms with Crippen molar-refractivity contribution in [2.45, 2.75) is 20.4 Å². The number of amides is 2. The third kappa shape index (κ3) is 5.62. The lowest BCUT2D eigenvalue weighted by atomic mass is 10.2. The summed E-state index contributed by atoms with van der Waals surface area (Å²) in [6.07, 6.45) is 1.39. The molecule has 0 fully saturated rings. The van der Waals surface area contributed by atoms with Gasteiger partial charge in [0.05, 0.1) is 0 Å². The summed E-state index contributed by atoms with van der Waals surface area (Å²) < 4.78 is 0. The van der Waals surface area contributed by atoms with Gasteiger partial charge in [-0.05, 0) is 30.7 Å². The van der Waals surface area contributed by atoms with Gasteiger partial charge in [-0.1, -0.05) is 36.4 Å². The van der Waals surface area contributed by atoms with Crippen LogP contribution in [0.3, 0.4) is 0 Å². The molecule has 0 atom stereocenters. The molecule has 3 rings (SSSR count). The average molecular weight is 389 g/mol. The standard InChI is InChI=1S/C22H23N5O2/c1-3-27(14-17-8-5-4-6-9-17)21-13-20(23-15-24-21)22(29)26-19-11-7-10-18(12-19)25-16(2)28/h4-13,15H,3,14H2,1-2H3,(H,25,28)(H,26,29). The number of carbonyl (C=O) groups excluding carboxylic acids is 2. The van der Waals surface area contributed by atoms with Gasteiger partial charge in [-0.3, -0.25) is 9.59 Å². The molecule has 1 heterocycles. The van der Waals surface area contributed by atoms with Crippen LogP contribution in [0.15, 0.2) is 67.0 Å². The van der Waals surface area contributed by atoms with Crippen LogP contribution in [0.1, 0.15) is 29.9 Å². The Morgan fingerprint density at radius 1 is 0.931 bits per heavy atom. The first kappa shape index (κ1) is 20.0. The number of anilines is 3. The van der Waals surface area contributed by atoms with Gasteiger partial charge in [-0.25, -0.2) is 9.97 Å². The van der Waals surface area contributed by atoms with E-state index in [1.807, 2.05) is 25.1 Å². The fourth-order valence-electron chi connectivity index (χ4n) is 2.88. The summed E-state index contributed by atoms with van der Waals surface area (Å²) in [5, 5.41) is 5.50. The van der Waals surface area contributed by atoms with Crippen molar-refractivity contribution in [1.82, 2.24) is 9.97 Å². The summed E-state index contributed by atoms with van der Waals surface area (Å²) >= 11 is 0. The molecular weight excluding hydrogens is 366 g/mol. The Morgan fingerprint density at radius 3 is 2.34 bits per heavy atom. The second-order valence-electron chi connectivity index (χ2n) is 6.48. The van der Waals surface area contributed by atoms with Crippen LogP contribution in [0.2, 0.25) is 0 Å². The van der Waals surface area contributed by atoms with Crippen molar-refractivity contribution in [2.24, 2.45) is 0 Å². The number of carbonyl (C=O) groups is 2. The van der Waals surface area contributed by atoms with E-state index in [1.54, 1.807) is 30.3 Å². The van der Waals surface area contributed by atoms with E-state index in [4.69, 9.17) is 0 Å². The maximum atomic E-state index is 12.7. The maximum absolute atomic E-state index is 12.7. The zero-order valence-electron chi connectivity index (χ0n) is 16.4. The monoisotopic (exact) mass is 389 g/mol. The van der Waals surface area contributed by atoms with E-state index in [0.717, 1.165) is 12.1 Å². The molecule has 0 aliphatic heterocycles. The zero-order chi connectivity index (χ0) is 20.6. The van der Waals surface area contributed by atoms with E-state index in [2.05, 4.69) is 37.6 Å². The molecule has 0 radical (unpaired) electrons. The summed E-state index contributed by atoms with van der Waals surface area (Å²) in [4.78, 5) is 34.4. The molecule has 0 saturated carbocycles. The molecule has 2 amide bonds. The number of nitrogens with zero attached hydrogens (tertiary/aromatic N) is 3. The van der Waals surface area contributed by atoms with E-state index in [9.17, 15) is 9.59 Å². The Hall–Kier alpha value is -3.74. The Labute approximate surface area is 169 Å². The smallest absolute Gasteiger partial charge is 0.274 e. The van der Waals surface area contributed by atoms with Crippen LogP contribution in [0.25, 0.3) is 0 Å². The van der Waals surface area contributed by atoms with Gasteiger partial charge in [0.2, 0.25) is 5.91 Å². The highest BCUT2D eigenvalue weighted by atomic mass is 16.2. The minimum atomic E-state index is -0.343. The highest BCUT2D eigenvalue weighted by molar-refractivity contribution is 6.03. The van der Waals surface area contributed by atoms with E-state index in [0.29, 0.717) is 23.7 Å². The normalized spacial score (nSPS) is 10.3. The van der Waals surface area contributed by atoms with E-state index >= 15 is 0 Å². The Bertz CT molecular complexity index is 991. The minimum absolute atomic E-state index is 0.174. The second-order valence-corrected chi connectivity index (χ2v) is 6.48. The molecule has 29 heavy (non-hydrogen) atoms. The molecule has 0 spiro atoms. The van der Waals surface area contributed by atoms with Gasteiger partial charge in [0.15, 0.2) is 0 Å². The van der Waals surface area contributed by atoms with Crippen molar-refractivity contribution in [3.63, 3.8) is 0 Å². The molecule has 3 aromatic rings. The van der Waals surface area contributed by atoms with E-state index in [-0.39, 0.29) is 17.5 Å². The van der Waals surface area contributed by atoms with Gasteiger partial charge in [0, 0.05) is 37.5 Å². The summed E-state index contributed by atoms with van der Waals surface area (Å²) in [7, 11) is 0. The largest absolute Gasteiger partial charge is 0.352 e. The van der Waals surface area contributed by atoms with E-state index in [1.165, 1.54) is 13.3 Å². The Morgan fingerprint density at radius 2 is 1.66 bits per heavy atom. The first-order valence-corrected chi connectivity index (χ1v) is 9.35. The number of aromatic nitrogens is 2. The van der Waals surface area contributed by atoms with Gasteiger partial charge >= 0.3 is 0 Å². The van der Waals surface area contributed by atoms with Gasteiger partial charge < -0.3 is 15.5 Å². The summed E-state index contributed by atoms with van der Waals surface area (Å²) in [6.45, 7) is 4.90. The molecule has 0 aliphatic carbocycles. The van der Waals surface area contributed by atoms with Crippen molar-refractivity contribution in [3.05, 3.63) is 78.2 Å². The molecule has 148 valence electrons. The molecule has 0 aliphatic rings. The summed E-state index contributed by atoms with van der Waals surface area (Å²) in [6, 6.07) is 18.7. The fraction of sp³-hybridized carbons (Fsp3) is 0.182. The second kappa shape index (κ2) is 9.45.